The molecule has 1 saturated heterocycles. The number of nitrogens with one attached hydrogen (secondary N) is 1. The van der Waals surface area contributed by atoms with Crippen LogP contribution in [0.15, 0.2) is 24.3 Å². The van der Waals surface area contributed by atoms with Crippen LogP contribution in [0.4, 0.5) is 0 Å². The van der Waals surface area contributed by atoms with Gasteiger partial charge in [0.1, 0.15) is 0 Å². The summed E-state index contributed by atoms with van der Waals surface area (Å²) in [5.74, 6) is 1.53. The van der Waals surface area contributed by atoms with E-state index in [4.69, 9.17) is 11.6 Å². The largest absolute Gasteiger partial charge is 0.352 e. The molecule has 1 aliphatic rings. The van der Waals surface area contributed by atoms with Crippen LogP contribution in [-0.2, 0) is 0 Å². The predicted octanol–water partition coefficient (Wildman–Crippen LogP) is 3.44. The van der Waals surface area contributed by atoms with E-state index in [1.807, 2.05) is 0 Å². The van der Waals surface area contributed by atoms with Crippen LogP contribution in [0.25, 0.3) is 0 Å². The molecule has 3 nitrogen and oxygen atoms in total. The van der Waals surface area contributed by atoms with Gasteiger partial charge in [0, 0.05) is 30.2 Å². The number of benzene rings is 1. The van der Waals surface area contributed by atoms with Crippen LogP contribution in [0, 0.1) is 11.8 Å². The molecule has 0 unspecified atom stereocenters. The van der Waals surface area contributed by atoms with Crippen LogP contribution in [0.2, 0.25) is 5.02 Å². The molecule has 1 fully saturated rings. The molecule has 2 rings (SSSR count). The lowest BCUT2D eigenvalue weighted by molar-refractivity contribution is 0.0947. The molecule has 0 aliphatic carbocycles. The number of rotatable bonds is 5. The van der Waals surface area contributed by atoms with E-state index >= 15 is 0 Å². The third-order valence-electron chi connectivity index (χ3n) is 3.97. The van der Waals surface area contributed by atoms with Gasteiger partial charge in [0.05, 0.1) is 0 Å². The number of carbonyl (C=O) groups is 1. The quantitative estimate of drug-likeness (QED) is 0.845. The van der Waals surface area contributed by atoms with Crippen LogP contribution >= 0.6 is 11.6 Å². The van der Waals surface area contributed by atoms with Crippen molar-refractivity contribution in [2.45, 2.75) is 26.7 Å². The zero-order valence-electron chi connectivity index (χ0n) is 12.9. The molecule has 0 saturated carbocycles. The van der Waals surface area contributed by atoms with Crippen molar-refractivity contribution in [1.29, 1.82) is 0 Å². The standard InChI is InChI=1S/C17H25ClN2O/c1-13-9-14(2)12-20(11-13)8-4-7-19-17(21)15-5-3-6-16(18)10-15/h3,5-6,10,13-14H,4,7-9,11-12H2,1-2H3,(H,19,21)/t13-,14+. The second-order valence-corrected chi connectivity index (χ2v) is 6.76. The highest BCUT2D eigenvalue weighted by molar-refractivity contribution is 6.30. The van der Waals surface area contributed by atoms with E-state index in [1.165, 1.54) is 19.5 Å². The Morgan fingerprint density at radius 3 is 2.71 bits per heavy atom. The van der Waals surface area contributed by atoms with Gasteiger partial charge in [-0.3, -0.25) is 4.79 Å². The molecule has 0 bridgehead atoms. The molecule has 1 heterocycles. The van der Waals surface area contributed by atoms with Crippen molar-refractivity contribution in [1.82, 2.24) is 10.2 Å². The van der Waals surface area contributed by atoms with Crippen molar-refractivity contribution in [2.24, 2.45) is 11.8 Å². The first-order valence-electron chi connectivity index (χ1n) is 7.80. The second kappa shape index (κ2) is 7.81. The van der Waals surface area contributed by atoms with Gasteiger partial charge in [-0.1, -0.05) is 31.5 Å². The summed E-state index contributed by atoms with van der Waals surface area (Å²) in [5, 5.41) is 3.56. The molecule has 2 atom stereocenters. The maximum absolute atomic E-state index is 12.0. The first kappa shape index (κ1) is 16.3. The summed E-state index contributed by atoms with van der Waals surface area (Å²) < 4.78 is 0. The molecule has 0 radical (unpaired) electrons. The summed E-state index contributed by atoms with van der Waals surface area (Å²) in [6.07, 6.45) is 2.33. The number of carbonyl (C=O) groups excluding carboxylic acids is 1. The molecule has 21 heavy (non-hydrogen) atoms. The molecule has 0 spiro atoms. The van der Waals surface area contributed by atoms with Gasteiger partial charge in [-0.2, -0.15) is 0 Å². The van der Waals surface area contributed by atoms with Gasteiger partial charge in [0.2, 0.25) is 0 Å². The van der Waals surface area contributed by atoms with Crippen LogP contribution in [-0.4, -0.2) is 37.0 Å². The number of halogens is 1. The number of amides is 1. The maximum Gasteiger partial charge on any atom is 0.251 e. The average Bonchev–Trinajstić information content (AvgIpc) is 2.42. The van der Waals surface area contributed by atoms with Crippen LogP contribution < -0.4 is 5.32 Å². The maximum atomic E-state index is 12.0. The Hall–Kier alpha value is -1.06. The summed E-state index contributed by atoms with van der Waals surface area (Å²) in [4.78, 5) is 14.5. The van der Waals surface area contributed by atoms with E-state index in [0.717, 1.165) is 24.8 Å². The molecular formula is C17H25ClN2O. The van der Waals surface area contributed by atoms with Crippen molar-refractivity contribution < 1.29 is 4.79 Å². The highest BCUT2D eigenvalue weighted by Crippen LogP contribution is 2.20. The molecule has 1 amide bonds. The number of likely N-dealkylation sites (tertiary alicyclic amines) is 1. The molecule has 0 aromatic heterocycles. The highest BCUT2D eigenvalue weighted by Gasteiger charge is 2.21. The Bertz CT molecular complexity index is 468. The van der Waals surface area contributed by atoms with Crippen molar-refractivity contribution in [3.63, 3.8) is 0 Å². The minimum atomic E-state index is -0.0436. The topological polar surface area (TPSA) is 32.3 Å². The van der Waals surface area contributed by atoms with Crippen LogP contribution in [0.3, 0.4) is 0 Å². The third kappa shape index (κ3) is 5.33. The average molecular weight is 309 g/mol. The van der Waals surface area contributed by atoms with Gasteiger partial charge in [0.15, 0.2) is 0 Å². The molecular weight excluding hydrogens is 284 g/mol. The Kier molecular flexibility index (Phi) is 6.07. The van der Waals surface area contributed by atoms with Gasteiger partial charge in [0.25, 0.3) is 5.91 Å². The first-order chi connectivity index (χ1) is 10.0. The highest BCUT2D eigenvalue weighted by atomic mass is 35.5. The Labute approximate surface area is 132 Å². The summed E-state index contributed by atoms with van der Waals surface area (Å²) in [7, 11) is 0. The first-order valence-corrected chi connectivity index (χ1v) is 8.18. The van der Waals surface area contributed by atoms with Crippen molar-refractivity contribution in [3.05, 3.63) is 34.9 Å². The second-order valence-electron chi connectivity index (χ2n) is 6.33. The molecule has 1 aliphatic heterocycles. The number of piperidine rings is 1. The SMILES string of the molecule is C[C@@H]1C[C@H](C)CN(CCCNC(=O)c2cccc(Cl)c2)C1. The fourth-order valence-corrected chi connectivity index (χ4v) is 3.40. The summed E-state index contributed by atoms with van der Waals surface area (Å²) in [5.41, 5.74) is 0.628. The summed E-state index contributed by atoms with van der Waals surface area (Å²) >= 11 is 5.89. The fourth-order valence-electron chi connectivity index (χ4n) is 3.21. The van der Waals surface area contributed by atoms with E-state index in [0.29, 0.717) is 17.1 Å². The van der Waals surface area contributed by atoms with Crippen molar-refractivity contribution in [3.8, 4) is 0 Å². The normalized spacial score (nSPS) is 23.0. The Morgan fingerprint density at radius 1 is 1.33 bits per heavy atom. The number of hydrogen-bond acceptors (Lipinski definition) is 2. The number of hydrogen-bond donors (Lipinski definition) is 1. The Morgan fingerprint density at radius 2 is 2.05 bits per heavy atom. The monoisotopic (exact) mass is 308 g/mol. The van der Waals surface area contributed by atoms with E-state index in [9.17, 15) is 4.79 Å². The Balaban J connectivity index is 1.69. The minimum absolute atomic E-state index is 0.0436. The van der Waals surface area contributed by atoms with Gasteiger partial charge in [-0.25, -0.2) is 0 Å². The zero-order chi connectivity index (χ0) is 15.2. The number of nitrogens with zero attached hydrogens (tertiary/aromatic N) is 1. The molecule has 1 N–H and O–H groups in total. The van der Waals surface area contributed by atoms with Crippen molar-refractivity contribution in [2.75, 3.05) is 26.2 Å². The van der Waals surface area contributed by atoms with Gasteiger partial charge >= 0.3 is 0 Å². The van der Waals surface area contributed by atoms with E-state index < -0.39 is 0 Å². The predicted molar refractivity (Wildman–Crippen MR) is 87.8 cm³/mol. The van der Waals surface area contributed by atoms with E-state index in [-0.39, 0.29) is 5.91 Å². The lowest BCUT2D eigenvalue weighted by Gasteiger charge is -2.34. The fraction of sp³-hybridized carbons (Fsp3) is 0.588. The van der Waals surface area contributed by atoms with Crippen molar-refractivity contribution >= 4 is 17.5 Å². The minimum Gasteiger partial charge on any atom is -0.352 e. The molecule has 1 aromatic carbocycles. The zero-order valence-corrected chi connectivity index (χ0v) is 13.7. The van der Waals surface area contributed by atoms with E-state index in [1.54, 1.807) is 24.3 Å². The summed E-state index contributed by atoms with van der Waals surface area (Å²) in [6, 6.07) is 7.06. The summed E-state index contributed by atoms with van der Waals surface area (Å²) in [6.45, 7) is 8.79. The van der Waals surface area contributed by atoms with Crippen LogP contribution in [0.1, 0.15) is 37.0 Å². The third-order valence-corrected chi connectivity index (χ3v) is 4.20. The van der Waals surface area contributed by atoms with Crippen LogP contribution in [0.5, 0.6) is 0 Å². The lowest BCUT2D eigenvalue weighted by Crippen LogP contribution is -2.40. The molecule has 116 valence electrons. The van der Waals surface area contributed by atoms with Gasteiger partial charge < -0.3 is 10.2 Å². The lowest BCUT2D eigenvalue weighted by atomic mass is 9.92. The van der Waals surface area contributed by atoms with Gasteiger partial charge in [-0.05, 0) is 49.4 Å². The molecule has 1 aromatic rings. The van der Waals surface area contributed by atoms with Gasteiger partial charge in [-0.15, -0.1) is 0 Å². The van der Waals surface area contributed by atoms with E-state index in [2.05, 4.69) is 24.1 Å². The molecule has 4 heteroatoms. The smallest absolute Gasteiger partial charge is 0.251 e.